The van der Waals surface area contributed by atoms with E-state index in [0.29, 0.717) is 24.8 Å². The van der Waals surface area contributed by atoms with Gasteiger partial charge in [-0.3, -0.25) is 14.5 Å². The van der Waals surface area contributed by atoms with E-state index in [9.17, 15) is 14.0 Å². The van der Waals surface area contributed by atoms with Crippen LogP contribution in [0.3, 0.4) is 0 Å². The first-order valence-electron chi connectivity index (χ1n) is 9.60. The molecule has 2 heterocycles. The highest BCUT2D eigenvalue weighted by Gasteiger charge is 2.27. The quantitative estimate of drug-likeness (QED) is 0.779. The minimum Gasteiger partial charge on any atom is -0.351 e. The Labute approximate surface area is 167 Å². The Balaban J connectivity index is 1.26. The van der Waals surface area contributed by atoms with Crippen LogP contribution in [0.2, 0.25) is 0 Å². The van der Waals surface area contributed by atoms with Crippen molar-refractivity contribution in [1.29, 1.82) is 0 Å². The number of aromatic nitrogens is 1. The zero-order valence-corrected chi connectivity index (χ0v) is 16.4. The van der Waals surface area contributed by atoms with Crippen LogP contribution in [0.25, 0.3) is 0 Å². The number of thiazole rings is 1. The lowest BCUT2D eigenvalue weighted by molar-refractivity contribution is -0.123. The number of amides is 2. The molecule has 0 saturated heterocycles. The third-order valence-electron chi connectivity index (χ3n) is 5.29. The van der Waals surface area contributed by atoms with Crippen LogP contribution in [0.5, 0.6) is 0 Å². The largest absolute Gasteiger partial charge is 0.351 e. The highest BCUT2D eigenvalue weighted by molar-refractivity contribution is 7.15. The van der Waals surface area contributed by atoms with E-state index in [0.717, 1.165) is 48.4 Å². The molecule has 2 aliphatic rings. The molecule has 1 saturated carbocycles. The summed E-state index contributed by atoms with van der Waals surface area (Å²) in [6.45, 7) is 2.12. The van der Waals surface area contributed by atoms with Gasteiger partial charge in [-0.2, -0.15) is 0 Å². The van der Waals surface area contributed by atoms with E-state index >= 15 is 0 Å². The fraction of sp³-hybridized carbons (Fsp3) is 0.450. The molecule has 1 aliphatic heterocycles. The summed E-state index contributed by atoms with van der Waals surface area (Å²) in [5, 5.41) is 6.49. The van der Waals surface area contributed by atoms with Gasteiger partial charge < -0.3 is 10.6 Å². The number of rotatable bonds is 6. The number of hydrogen-bond acceptors (Lipinski definition) is 5. The highest BCUT2D eigenvalue weighted by atomic mass is 32.1. The van der Waals surface area contributed by atoms with Gasteiger partial charge in [-0.15, -0.1) is 11.3 Å². The van der Waals surface area contributed by atoms with Crippen LogP contribution in [0.15, 0.2) is 24.3 Å². The number of benzene rings is 1. The van der Waals surface area contributed by atoms with Crippen LogP contribution < -0.4 is 10.6 Å². The molecule has 2 aromatic rings. The van der Waals surface area contributed by atoms with Crippen molar-refractivity contribution in [3.8, 4) is 0 Å². The van der Waals surface area contributed by atoms with Crippen LogP contribution in [0.4, 0.5) is 9.52 Å². The molecule has 2 amide bonds. The van der Waals surface area contributed by atoms with Gasteiger partial charge in [0.1, 0.15) is 5.82 Å². The van der Waals surface area contributed by atoms with Crippen LogP contribution in [0, 0.1) is 11.7 Å². The molecule has 8 heteroatoms. The maximum absolute atomic E-state index is 12.9. The lowest BCUT2D eigenvalue weighted by atomic mass is 9.85. The van der Waals surface area contributed by atoms with Crippen LogP contribution in [0.1, 0.15) is 35.4 Å². The second-order valence-corrected chi connectivity index (χ2v) is 8.45. The molecule has 0 atom stereocenters. The maximum atomic E-state index is 12.9. The molecule has 1 aliphatic carbocycles. The van der Waals surface area contributed by atoms with Crippen LogP contribution >= 0.6 is 11.3 Å². The van der Waals surface area contributed by atoms with Gasteiger partial charge in [0.25, 0.3) is 0 Å². The number of carbonyl (C=O) groups excluding carboxylic acids is 2. The summed E-state index contributed by atoms with van der Waals surface area (Å²) in [6.07, 6.45) is 3.84. The van der Waals surface area contributed by atoms with Crippen LogP contribution in [-0.2, 0) is 29.1 Å². The fourth-order valence-corrected chi connectivity index (χ4v) is 4.43. The molecule has 28 heavy (non-hydrogen) atoms. The molecule has 0 bridgehead atoms. The predicted molar refractivity (Wildman–Crippen MR) is 105 cm³/mol. The Morgan fingerprint density at radius 1 is 1.25 bits per heavy atom. The summed E-state index contributed by atoms with van der Waals surface area (Å²) >= 11 is 1.51. The number of anilines is 1. The third-order valence-corrected chi connectivity index (χ3v) is 6.28. The molecular weight excluding hydrogens is 379 g/mol. The molecule has 1 aromatic carbocycles. The summed E-state index contributed by atoms with van der Waals surface area (Å²) < 4.78 is 12.9. The Bertz CT molecular complexity index is 864. The van der Waals surface area contributed by atoms with Gasteiger partial charge in [-0.25, -0.2) is 9.37 Å². The van der Waals surface area contributed by atoms with Gasteiger partial charge in [0.2, 0.25) is 11.8 Å². The monoisotopic (exact) mass is 402 g/mol. The number of nitrogens with zero attached hydrogens (tertiary/aromatic N) is 2. The number of halogens is 1. The molecule has 1 aromatic heterocycles. The van der Waals surface area contributed by atoms with E-state index in [-0.39, 0.29) is 23.5 Å². The molecule has 2 N–H and O–H groups in total. The highest BCUT2D eigenvalue weighted by Crippen LogP contribution is 2.31. The SMILES string of the molecule is O=C(CN1CCc2nc(NC(=O)C3CCC3)sc2C1)NCc1ccc(F)cc1. The first-order valence-corrected chi connectivity index (χ1v) is 10.4. The summed E-state index contributed by atoms with van der Waals surface area (Å²) in [5.41, 5.74) is 1.89. The molecule has 0 unspecified atom stereocenters. The minimum absolute atomic E-state index is 0.0594. The number of hydrogen-bond donors (Lipinski definition) is 2. The topological polar surface area (TPSA) is 74.3 Å². The molecule has 4 rings (SSSR count). The van der Waals surface area contributed by atoms with E-state index in [4.69, 9.17) is 0 Å². The Hall–Kier alpha value is -2.32. The van der Waals surface area contributed by atoms with Crippen molar-refractivity contribution in [2.75, 3.05) is 18.4 Å². The van der Waals surface area contributed by atoms with Crippen LogP contribution in [-0.4, -0.2) is 34.8 Å². The normalized spacial score (nSPS) is 16.9. The van der Waals surface area contributed by atoms with E-state index in [2.05, 4.69) is 20.5 Å². The van der Waals surface area contributed by atoms with E-state index in [1.165, 1.54) is 23.5 Å². The van der Waals surface area contributed by atoms with Crippen molar-refractivity contribution in [2.24, 2.45) is 5.92 Å². The molecule has 6 nitrogen and oxygen atoms in total. The predicted octanol–water partition coefficient (Wildman–Crippen LogP) is 2.70. The van der Waals surface area contributed by atoms with E-state index < -0.39 is 0 Å². The number of fused-ring (bicyclic) bond motifs is 1. The van der Waals surface area contributed by atoms with E-state index in [1.807, 2.05) is 0 Å². The zero-order valence-electron chi connectivity index (χ0n) is 15.5. The Morgan fingerprint density at radius 3 is 2.75 bits per heavy atom. The van der Waals surface area contributed by atoms with Crippen molar-refractivity contribution in [3.05, 3.63) is 46.2 Å². The standard InChI is InChI=1S/C20H23FN4O2S/c21-15-6-4-13(5-7-15)10-22-18(26)12-25-9-8-16-17(11-25)28-20(23-16)24-19(27)14-2-1-3-14/h4-7,14H,1-3,8-12H2,(H,22,26)(H,23,24,27). The van der Waals surface area contributed by atoms with Gasteiger partial charge in [0.05, 0.1) is 12.2 Å². The number of carbonyl (C=O) groups is 2. The lowest BCUT2D eigenvalue weighted by Gasteiger charge is -2.25. The van der Waals surface area contributed by atoms with Crippen molar-refractivity contribution in [1.82, 2.24) is 15.2 Å². The first kappa shape index (κ1) is 19.0. The molecule has 0 spiro atoms. The maximum Gasteiger partial charge on any atom is 0.234 e. The van der Waals surface area contributed by atoms with Gasteiger partial charge in [-0.05, 0) is 30.5 Å². The third kappa shape index (κ3) is 4.56. The summed E-state index contributed by atoms with van der Waals surface area (Å²) in [5.74, 6) is -0.126. The number of nitrogens with one attached hydrogen (secondary N) is 2. The lowest BCUT2D eigenvalue weighted by Crippen LogP contribution is -2.39. The fourth-order valence-electron chi connectivity index (χ4n) is 3.38. The smallest absolute Gasteiger partial charge is 0.234 e. The zero-order chi connectivity index (χ0) is 19.5. The van der Waals surface area contributed by atoms with Gasteiger partial charge in [0.15, 0.2) is 5.13 Å². The average Bonchev–Trinajstić information content (AvgIpc) is 3.01. The molecule has 1 fully saturated rings. The van der Waals surface area contributed by atoms with Gasteiger partial charge >= 0.3 is 0 Å². The minimum atomic E-state index is -0.285. The summed E-state index contributed by atoms with van der Waals surface area (Å²) in [7, 11) is 0. The van der Waals surface area contributed by atoms with Crippen molar-refractivity contribution in [2.45, 2.75) is 38.8 Å². The molecule has 148 valence electrons. The van der Waals surface area contributed by atoms with Gasteiger partial charge in [0, 0.05) is 36.9 Å². The summed E-state index contributed by atoms with van der Waals surface area (Å²) in [6, 6.07) is 6.11. The second-order valence-electron chi connectivity index (χ2n) is 7.37. The van der Waals surface area contributed by atoms with Crippen molar-refractivity contribution in [3.63, 3.8) is 0 Å². The van der Waals surface area contributed by atoms with Crippen molar-refractivity contribution >= 4 is 28.3 Å². The Kier molecular flexibility index (Phi) is 5.68. The van der Waals surface area contributed by atoms with Crippen molar-refractivity contribution < 1.29 is 14.0 Å². The average molecular weight is 402 g/mol. The summed E-state index contributed by atoms with van der Waals surface area (Å²) in [4.78, 5) is 32.1. The second kappa shape index (κ2) is 8.36. The van der Waals surface area contributed by atoms with Gasteiger partial charge in [-0.1, -0.05) is 18.6 Å². The molecular formula is C20H23FN4O2S. The molecule has 0 radical (unpaired) electrons. The first-order chi connectivity index (χ1) is 13.6. The Morgan fingerprint density at radius 2 is 2.04 bits per heavy atom. The van der Waals surface area contributed by atoms with E-state index in [1.54, 1.807) is 12.1 Å².